The first-order valence-electron chi connectivity index (χ1n) is 7.11. The first-order chi connectivity index (χ1) is 11.0. The Bertz CT molecular complexity index is 781. The topological polar surface area (TPSA) is 58.2 Å². The molecule has 1 unspecified atom stereocenters. The summed E-state index contributed by atoms with van der Waals surface area (Å²) in [7, 11) is 0. The van der Waals surface area contributed by atoms with Crippen molar-refractivity contribution in [3.63, 3.8) is 0 Å². The number of hydrogen-bond acceptors (Lipinski definition) is 3. The molecule has 4 nitrogen and oxygen atoms in total. The van der Waals surface area contributed by atoms with Gasteiger partial charge in [0.05, 0.1) is 5.69 Å². The standard InChI is InChI=1S/C17H15FN2O2S/c1-17(15(21)19-10-11-5-4-6-12(18)9-11)16(22)20-13-7-2-3-8-14(13)23-17/h2-9H,10H2,1H3,(H,19,21)(H,20,22). The van der Waals surface area contributed by atoms with Crippen molar-refractivity contribution in [1.29, 1.82) is 0 Å². The number of fused-ring (bicyclic) bond motifs is 1. The van der Waals surface area contributed by atoms with Crippen molar-refractivity contribution < 1.29 is 14.0 Å². The van der Waals surface area contributed by atoms with Gasteiger partial charge in [-0.15, -0.1) is 0 Å². The molecular formula is C17H15FN2O2S. The molecular weight excluding hydrogens is 315 g/mol. The first-order valence-corrected chi connectivity index (χ1v) is 7.93. The number of carbonyl (C=O) groups excluding carboxylic acids is 2. The maximum absolute atomic E-state index is 13.2. The van der Waals surface area contributed by atoms with Crippen molar-refractivity contribution in [3.8, 4) is 0 Å². The molecule has 2 aromatic carbocycles. The van der Waals surface area contributed by atoms with Gasteiger partial charge in [0.1, 0.15) is 5.82 Å². The van der Waals surface area contributed by atoms with Gasteiger partial charge in [0.25, 0.3) is 0 Å². The second-order valence-corrected chi connectivity index (χ2v) is 6.86. The highest BCUT2D eigenvalue weighted by atomic mass is 32.2. The average Bonchev–Trinajstić information content (AvgIpc) is 2.53. The zero-order valence-electron chi connectivity index (χ0n) is 12.4. The summed E-state index contributed by atoms with van der Waals surface area (Å²) in [6.45, 7) is 1.76. The molecule has 1 atom stereocenters. The van der Waals surface area contributed by atoms with E-state index in [1.165, 1.54) is 23.9 Å². The predicted octanol–water partition coefficient (Wildman–Crippen LogP) is 2.95. The van der Waals surface area contributed by atoms with E-state index >= 15 is 0 Å². The van der Waals surface area contributed by atoms with E-state index in [9.17, 15) is 14.0 Å². The molecule has 0 saturated heterocycles. The minimum Gasteiger partial charge on any atom is -0.350 e. The minimum atomic E-state index is -1.26. The lowest BCUT2D eigenvalue weighted by molar-refractivity contribution is -0.130. The van der Waals surface area contributed by atoms with Crippen LogP contribution in [0, 0.1) is 5.82 Å². The Hall–Kier alpha value is -2.34. The van der Waals surface area contributed by atoms with E-state index in [-0.39, 0.29) is 18.3 Å². The van der Waals surface area contributed by atoms with Crippen LogP contribution in [0.2, 0.25) is 0 Å². The molecule has 0 aromatic heterocycles. The van der Waals surface area contributed by atoms with Crippen LogP contribution in [-0.2, 0) is 16.1 Å². The lowest BCUT2D eigenvalue weighted by Crippen LogP contribution is -2.51. The molecule has 2 aromatic rings. The maximum Gasteiger partial charge on any atom is 0.250 e. The van der Waals surface area contributed by atoms with Gasteiger partial charge in [0, 0.05) is 11.4 Å². The van der Waals surface area contributed by atoms with Gasteiger partial charge in [-0.2, -0.15) is 0 Å². The van der Waals surface area contributed by atoms with Crippen molar-refractivity contribution in [2.75, 3.05) is 5.32 Å². The molecule has 23 heavy (non-hydrogen) atoms. The van der Waals surface area contributed by atoms with Gasteiger partial charge in [0.15, 0.2) is 4.75 Å². The summed E-state index contributed by atoms with van der Waals surface area (Å²) in [4.78, 5) is 25.7. The second-order valence-electron chi connectivity index (χ2n) is 5.40. The van der Waals surface area contributed by atoms with Crippen molar-refractivity contribution in [1.82, 2.24) is 5.32 Å². The fourth-order valence-electron chi connectivity index (χ4n) is 2.31. The first kappa shape index (κ1) is 15.6. The van der Waals surface area contributed by atoms with Crippen LogP contribution in [0.15, 0.2) is 53.4 Å². The van der Waals surface area contributed by atoms with Gasteiger partial charge >= 0.3 is 0 Å². The highest BCUT2D eigenvalue weighted by Crippen LogP contribution is 2.42. The molecule has 0 saturated carbocycles. The molecule has 0 radical (unpaired) electrons. The van der Waals surface area contributed by atoms with Crippen molar-refractivity contribution in [2.24, 2.45) is 0 Å². The molecule has 6 heteroatoms. The fraction of sp³-hybridized carbons (Fsp3) is 0.176. The Labute approximate surface area is 137 Å². The fourth-order valence-corrected chi connectivity index (χ4v) is 3.44. The Morgan fingerprint density at radius 1 is 1.26 bits per heavy atom. The monoisotopic (exact) mass is 330 g/mol. The molecule has 1 aliphatic rings. The molecule has 1 heterocycles. The number of rotatable bonds is 3. The number of anilines is 1. The number of hydrogen-bond donors (Lipinski definition) is 2. The van der Waals surface area contributed by atoms with Gasteiger partial charge in [0.2, 0.25) is 11.8 Å². The summed E-state index contributed by atoms with van der Waals surface area (Å²) in [5.74, 6) is -1.13. The minimum absolute atomic E-state index is 0.168. The normalized spacial score (nSPS) is 19.7. The number of halogens is 1. The summed E-state index contributed by atoms with van der Waals surface area (Å²) in [6.07, 6.45) is 0. The average molecular weight is 330 g/mol. The number of amides is 2. The summed E-state index contributed by atoms with van der Waals surface area (Å²) in [5.41, 5.74) is 1.35. The van der Waals surface area contributed by atoms with Gasteiger partial charge in [-0.05, 0) is 36.8 Å². The Balaban J connectivity index is 1.75. The Morgan fingerprint density at radius 2 is 2.04 bits per heavy atom. The SMILES string of the molecule is CC1(C(=O)NCc2cccc(F)c2)Sc2ccccc2NC1=O. The van der Waals surface area contributed by atoms with Crippen LogP contribution in [0.3, 0.4) is 0 Å². The molecule has 2 N–H and O–H groups in total. The lowest BCUT2D eigenvalue weighted by atomic mass is 10.1. The zero-order chi connectivity index (χ0) is 16.4. The highest BCUT2D eigenvalue weighted by Gasteiger charge is 2.45. The number of para-hydroxylation sites is 1. The van der Waals surface area contributed by atoms with Crippen molar-refractivity contribution >= 4 is 29.3 Å². The number of nitrogens with one attached hydrogen (secondary N) is 2. The van der Waals surface area contributed by atoms with Crippen LogP contribution in [0.25, 0.3) is 0 Å². The van der Waals surface area contributed by atoms with E-state index in [0.717, 1.165) is 4.90 Å². The predicted molar refractivity (Wildman–Crippen MR) is 87.6 cm³/mol. The molecule has 0 bridgehead atoms. The second kappa shape index (κ2) is 6.04. The molecule has 1 aliphatic heterocycles. The lowest BCUT2D eigenvalue weighted by Gasteiger charge is -2.31. The van der Waals surface area contributed by atoms with Crippen LogP contribution in [-0.4, -0.2) is 16.6 Å². The number of benzene rings is 2. The smallest absolute Gasteiger partial charge is 0.250 e. The van der Waals surface area contributed by atoms with Crippen molar-refractivity contribution in [2.45, 2.75) is 23.1 Å². The molecule has 3 rings (SSSR count). The van der Waals surface area contributed by atoms with Crippen LogP contribution in [0.4, 0.5) is 10.1 Å². The molecule has 0 fully saturated rings. The van der Waals surface area contributed by atoms with E-state index in [4.69, 9.17) is 0 Å². The zero-order valence-corrected chi connectivity index (χ0v) is 13.2. The van der Waals surface area contributed by atoms with E-state index < -0.39 is 10.7 Å². The molecule has 118 valence electrons. The summed E-state index contributed by atoms with van der Waals surface area (Å²) in [5, 5.41) is 5.47. The van der Waals surface area contributed by atoms with E-state index in [2.05, 4.69) is 10.6 Å². The van der Waals surface area contributed by atoms with Gasteiger partial charge in [-0.1, -0.05) is 36.0 Å². The van der Waals surface area contributed by atoms with E-state index in [1.54, 1.807) is 25.1 Å². The van der Waals surface area contributed by atoms with Crippen LogP contribution in [0.5, 0.6) is 0 Å². The molecule has 2 amide bonds. The van der Waals surface area contributed by atoms with Gasteiger partial charge in [-0.3, -0.25) is 9.59 Å². The Kier molecular flexibility index (Phi) is 4.09. The maximum atomic E-state index is 13.2. The quantitative estimate of drug-likeness (QED) is 0.851. The van der Waals surface area contributed by atoms with Gasteiger partial charge in [-0.25, -0.2) is 4.39 Å². The third-order valence-electron chi connectivity index (χ3n) is 3.66. The number of carbonyl (C=O) groups is 2. The third kappa shape index (κ3) is 3.07. The Morgan fingerprint density at radius 3 is 2.83 bits per heavy atom. The highest BCUT2D eigenvalue weighted by molar-refractivity contribution is 8.02. The molecule has 0 aliphatic carbocycles. The van der Waals surface area contributed by atoms with Gasteiger partial charge < -0.3 is 10.6 Å². The van der Waals surface area contributed by atoms with Crippen molar-refractivity contribution in [3.05, 3.63) is 59.9 Å². The summed E-state index contributed by atoms with van der Waals surface area (Å²) >= 11 is 1.22. The molecule has 0 spiro atoms. The van der Waals surface area contributed by atoms with Crippen LogP contribution < -0.4 is 10.6 Å². The summed E-state index contributed by atoms with van der Waals surface area (Å²) in [6, 6.07) is 13.3. The van der Waals surface area contributed by atoms with E-state index in [1.807, 2.05) is 18.2 Å². The largest absolute Gasteiger partial charge is 0.350 e. The summed E-state index contributed by atoms with van der Waals surface area (Å²) < 4.78 is 11.9. The van der Waals surface area contributed by atoms with E-state index in [0.29, 0.717) is 11.3 Å². The third-order valence-corrected chi connectivity index (χ3v) is 5.01. The van der Waals surface area contributed by atoms with Crippen LogP contribution >= 0.6 is 11.8 Å². The van der Waals surface area contributed by atoms with Crippen LogP contribution in [0.1, 0.15) is 12.5 Å². The number of thioether (sulfide) groups is 1.